The van der Waals surface area contributed by atoms with E-state index in [0.29, 0.717) is 5.69 Å². The first-order valence-corrected chi connectivity index (χ1v) is 6.77. The van der Waals surface area contributed by atoms with Crippen molar-refractivity contribution >= 4 is 17.8 Å². The van der Waals surface area contributed by atoms with Crippen LogP contribution in [0.1, 0.15) is 20.7 Å². The van der Waals surface area contributed by atoms with E-state index in [4.69, 9.17) is 4.52 Å². The third-order valence-electron chi connectivity index (χ3n) is 3.15. The van der Waals surface area contributed by atoms with Crippen LogP contribution in [0, 0.1) is 5.82 Å². The Morgan fingerprint density at radius 2 is 1.88 bits per heavy atom. The Bertz CT molecular complexity index is 891. The summed E-state index contributed by atoms with van der Waals surface area (Å²) in [6.45, 7) is 0. The maximum absolute atomic E-state index is 12.9. The van der Waals surface area contributed by atoms with Gasteiger partial charge in [-0.05, 0) is 36.4 Å². The summed E-state index contributed by atoms with van der Waals surface area (Å²) >= 11 is 0. The molecule has 0 spiro atoms. The first kappa shape index (κ1) is 15.3. The SMILES string of the molecule is O=C(Nc1onc(-c2ccccn2)c1C(=O)O)c1ccc(F)cc1. The van der Waals surface area contributed by atoms with Crippen molar-refractivity contribution in [1.82, 2.24) is 10.1 Å². The number of hydrogen-bond acceptors (Lipinski definition) is 5. The fourth-order valence-corrected chi connectivity index (χ4v) is 2.03. The normalized spacial score (nSPS) is 10.4. The van der Waals surface area contributed by atoms with E-state index < -0.39 is 17.7 Å². The number of carbonyl (C=O) groups is 2. The van der Waals surface area contributed by atoms with Crippen molar-refractivity contribution in [3.8, 4) is 11.4 Å². The topological polar surface area (TPSA) is 105 Å². The van der Waals surface area contributed by atoms with Crippen molar-refractivity contribution in [3.63, 3.8) is 0 Å². The number of benzene rings is 1. The molecule has 0 radical (unpaired) electrons. The number of nitrogens with zero attached hydrogens (tertiary/aromatic N) is 2. The minimum absolute atomic E-state index is 0.00231. The van der Waals surface area contributed by atoms with E-state index in [0.717, 1.165) is 12.1 Å². The highest BCUT2D eigenvalue weighted by Crippen LogP contribution is 2.27. The van der Waals surface area contributed by atoms with Crippen LogP contribution in [-0.4, -0.2) is 27.1 Å². The van der Waals surface area contributed by atoms with Crippen molar-refractivity contribution in [2.75, 3.05) is 5.32 Å². The molecule has 0 atom stereocenters. The number of amides is 1. The summed E-state index contributed by atoms with van der Waals surface area (Å²) < 4.78 is 17.8. The number of carbonyl (C=O) groups excluding carboxylic acids is 1. The van der Waals surface area contributed by atoms with Gasteiger partial charge in [-0.3, -0.25) is 15.1 Å². The van der Waals surface area contributed by atoms with Gasteiger partial charge in [0.15, 0.2) is 5.56 Å². The number of nitrogens with one attached hydrogen (secondary N) is 1. The summed E-state index contributed by atoms with van der Waals surface area (Å²) in [4.78, 5) is 27.6. The molecule has 2 N–H and O–H groups in total. The van der Waals surface area contributed by atoms with E-state index in [2.05, 4.69) is 15.5 Å². The maximum atomic E-state index is 12.9. The molecule has 1 amide bonds. The Morgan fingerprint density at radius 3 is 2.50 bits per heavy atom. The zero-order valence-corrected chi connectivity index (χ0v) is 12.1. The van der Waals surface area contributed by atoms with Crippen LogP contribution in [-0.2, 0) is 0 Å². The second kappa shape index (κ2) is 6.29. The Balaban J connectivity index is 1.94. The van der Waals surface area contributed by atoms with Crippen LogP contribution in [0.5, 0.6) is 0 Å². The molecule has 2 aromatic heterocycles. The summed E-state index contributed by atoms with van der Waals surface area (Å²) in [5, 5.41) is 15.4. The molecule has 120 valence electrons. The maximum Gasteiger partial charge on any atom is 0.343 e. The second-order valence-corrected chi connectivity index (χ2v) is 4.72. The molecule has 0 saturated heterocycles. The fourth-order valence-electron chi connectivity index (χ4n) is 2.03. The van der Waals surface area contributed by atoms with Crippen LogP contribution in [0.4, 0.5) is 10.3 Å². The van der Waals surface area contributed by atoms with E-state index >= 15 is 0 Å². The quantitative estimate of drug-likeness (QED) is 0.763. The average Bonchev–Trinajstić information content (AvgIpc) is 3.00. The molecule has 0 aliphatic carbocycles. The number of aromatic carboxylic acids is 1. The van der Waals surface area contributed by atoms with E-state index in [-0.39, 0.29) is 22.7 Å². The van der Waals surface area contributed by atoms with E-state index in [1.54, 1.807) is 18.2 Å². The Hall–Kier alpha value is -3.55. The van der Waals surface area contributed by atoms with Crippen molar-refractivity contribution in [2.45, 2.75) is 0 Å². The van der Waals surface area contributed by atoms with E-state index in [1.165, 1.54) is 18.3 Å². The Labute approximate surface area is 134 Å². The van der Waals surface area contributed by atoms with Gasteiger partial charge in [0.1, 0.15) is 11.5 Å². The number of rotatable bonds is 4. The first-order chi connectivity index (χ1) is 11.6. The molecule has 0 saturated carbocycles. The van der Waals surface area contributed by atoms with Gasteiger partial charge in [-0.1, -0.05) is 11.2 Å². The molecule has 3 rings (SSSR count). The average molecular weight is 327 g/mol. The molecule has 1 aromatic carbocycles. The van der Waals surface area contributed by atoms with Crippen LogP contribution in [0.15, 0.2) is 53.2 Å². The zero-order chi connectivity index (χ0) is 17.1. The third kappa shape index (κ3) is 2.98. The number of pyridine rings is 1. The van der Waals surface area contributed by atoms with Gasteiger partial charge < -0.3 is 9.63 Å². The number of carboxylic acid groups (broad SMARTS) is 1. The summed E-state index contributed by atoms with van der Waals surface area (Å²) in [7, 11) is 0. The first-order valence-electron chi connectivity index (χ1n) is 6.77. The minimum Gasteiger partial charge on any atom is -0.477 e. The van der Waals surface area contributed by atoms with Crippen LogP contribution in [0.25, 0.3) is 11.4 Å². The van der Waals surface area contributed by atoms with Gasteiger partial charge in [0.2, 0.25) is 5.88 Å². The van der Waals surface area contributed by atoms with E-state index in [1.807, 2.05) is 0 Å². The molecular formula is C16H10FN3O4. The smallest absolute Gasteiger partial charge is 0.343 e. The van der Waals surface area contributed by atoms with Crippen molar-refractivity contribution < 1.29 is 23.6 Å². The van der Waals surface area contributed by atoms with Crippen LogP contribution in [0.2, 0.25) is 0 Å². The van der Waals surface area contributed by atoms with Gasteiger partial charge in [-0.2, -0.15) is 0 Å². The predicted octanol–water partition coefficient (Wildman–Crippen LogP) is 2.83. The third-order valence-corrected chi connectivity index (χ3v) is 3.15. The highest BCUT2D eigenvalue weighted by molar-refractivity contribution is 6.08. The minimum atomic E-state index is -1.33. The second-order valence-electron chi connectivity index (χ2n) is 4.72. The van der Waals surface area contributed by atoms with Gasteiger partial charge in [0.25, 0.3) is 5.91 Å². The van der Waals surface area contributed by atoms with Crippen molar-refractivity contribution in [3.05, 3.63) is 65.6 Å². The molecule has 0 fully saturated rings. The number of carboxylic acids is 1. The number of anilines is 1. The standard InChI is InChI=1S/C16H10FN3O4/c17-10-6-4-9(5-7-10)14(21)19-15-12(16(22)23)13(20-24-15)11-3-1-2-8-18-11/h1-8H,(H,19,21)(H,22,23). The van der Waals surface area contributed by atoms with Gasteiger partial charge >= 0.3 is 5.97 Å². The van der Waals surface area contributed by atoms with E-state index in [9.17, 15) is 19.1 Å². The molecule has 2 heterocycles. The number of halogens is 1. The summed E-state index contributed by atoms with van der Waals surface area (Å²) in [5.74, 6) is -2.79. The molecule has 0 unspecified atom stereocenters. The largest absolute Gasteiger partial charge is 0.477 e. The zero-order valence-electron chi connectivity index (χ0n) is 12.1. The van der Waals surface area contributed by atoms with Crippen LogP contribution >= 0.6 is 0 Å². The number of hydrogen-bond donors (Lipinski definition) is 2. The molecule has 0 aliphatic heterocycles. The van der Waals surface area contributed by atoms with Gasteiger partial charge in [-0.25, -0.2) is 9.18 Å². The molecule has 3 aromatic rings. The number of aromatic nitrogens is 2. The van der Waals surface area contributed by atoms with Gasteiger partial charge in [0, 0.05) is 11.8 Å². The highest BCUT2D eigenvalue weighted by Gasteiger charge is 2.26. The monoisotopic (exact) mass is 327 g/mol. The van der Waals surface area contributed by atoms with Crippen molar-refractivity contribution in [1.29, 1.82) is 0 Å². The Morgan fingerprint density at radius 1 is 1.12 bits per heavy atom. The fraction of sp³-hybridized carbons (Fsp3) is 0. The molecule has 0 aliphatic rings. The lowest BCUT2D eigenvalue weighted by molar-refractivity contribution is 0.0698. The molecular weight excluding hydrogens is 317 g/mol. The summed E-state index contributed by atoms with van der Waals surface area (Å²) in [6.07, 6.45) is 1.48. The lowest BCUT2D eigenvalue weighted by atomic mass is 10.1. The predicted molar refractivity (Wildman–Crippen MR) is 81.0 cm³/mol. The molecule has 8 heteroatoms. The summed E-state index contributed by atoms with van der Waals surface area (Å²) in [6, 6.07) is 9.66. The highest BCUT2D eigenvalue weighted by atomic mass is 19.1. The molecule has 7 nitrogen and oxygen atoms in total. The lowest BCUT2D eigenvalue weighted by Gasteiger charge is -2.03. The molecule has 24 heavy (non-hydrogen) atoms. The Kier molecular flexibility index (Phi) is 4.02. The summed E-state index contributed by atoms with van der Waals surface area (Å²) in [5.41, 5.74) is 0.117. The van der Waals surface area contributed by atoms with Gasteiger partial charge in [-0.15, -0.1) is 0 Å². The van der Waals surface area contributed by atoms with Crippen molar-refractivity contribution in [2.24, 2.45) is 0 Å². The van der Waals surface area contributed by atoms with Gasteiger partial charge in [0.05, 0.1) is 5.69 Å². The molecule has 0 bridgehead atoms. The lowest BCUT2D eigenvalue weighted by Crippen LogP contribution is -2.14. The van der Waals surface area contributed by atoms with Crippen LogP contribution < -0.4 is 5.32 Å². The van der Waals surface area contributed by atoms with Crippen LogP contribution in [0.3, 0.4) is 0 Å².